The molecule has 0 aromatic carbocycles. The molecular formula is C15H26ClN3O4. The zero-order valence-electron chi connectivity index (χ0n) is 13.3. The Bertz CT molecular complexity index is 425. The standard InChI is InChI=1S/C15H25N3O4.ClH/c16-12-1-4-18(14(12)19)13(11-2-7-21-8-3-11)15(20)17-5-9-22-10-6-17;/h11-13H,1-10,16H2;1H/t12-,13?;/m0./s1. The molecule has 3 saturated heterocycles. The highest BCUT2D eigenvalue weighted by Gasteiger charge is 2.43. The number of carbonyl (C=O) groups excluding carboxylic acids is 2. The SMILES string of the molecule is Cl.N[C@H]1CCN(C(C(=O)N2CCOCC2)C2CCOCC2)C1=O. The molecule has 0 radical (unpaired) electrons. The molecule has 23 heavy (non-hydrogen) atoms. The number of nitrogens with zero attached hydrogens (tertiary/aromatic N) is 2. The summed E-state index contributed by atoms with van der Waals surface area (Å²) in [5.74, 6) is 0.133. The number of morpholine rings is 1. The number of likely N-dealkylation sites (tertiary alicyclic amines) is 1. The van der Waals surface area contributed by atoms with Gasteiger partial charge in [-0.05, 0) is 25.2 Å². The van der Waals surface area contributed by atoms with E-state index in [1.54, 1.807) is 4.90 Å². The molecule has 2 N–H and O–H groups in total. The molecular weight excluding hydrogens is 322 g/mol. The van der Waals surface area contributed by atoms with Gasteiger partial charge in [0.15, 0.2) is 0 Å². The first kappa shape index (κ1) is 18.4. The molecule has 3 aliphatic rings. The van der Waals surface area contributed by atoms with Gasteiger partial charge in [0, 0.05) is 32.8 Å². The molecule has 2 atom stereocenters. The number of halogens is 1. The van der Waals surface area contributed by atoms with Crippen molar-refractivity contribution in [3.8, 4) is 0 Å². The molecule has 3 heterocycles. The topological polar surface area (TPSA) is 85.1 Å². The number of carbonyl (C=O) groups is 2. The molecule has 3 fully saturated rings. The number of hydrogen-bond acceptors (Lipinski definition) is 5. The van der Waals surface area contributed by atoms with Gasteiger partial charge in [-0.1, -0.05) is 0 Å². The van der Waals surface area contributed by atoms with E-state index in [0.717, 1.165) is 12.8 Å². The van der Waals surface area contributed by atoms with Crippen molar-refractivity contribution in [3.05, 3.63) is 0 Å². The normalized spacial score (nSPS) is 27.7. The van der Waals surface area contributed by atoms with Gasteiger partial charge in [0.2, 0.25) is 11.8 Å². The predicted octanol–water partition coefficient (Wildman–Crippen LogP) is -0.378. The van der Waals surface area contributed by atoms with Crippen molar-refractivity contribution in [1.82, 2.24) is 9.80 Å². The van der Waals surface area contributed by atoms with E-state index in [1.807, 2.05) is 4.90 Å². The summed E-state index contributed by atoms with van der Waals surface area (Å²) in [6.45, 7) is 4.24. The van der Waals surface area contributed by atoms with Crippen molar-refractivity contribution >= 4 is 24.2 Å². The Morgan fingerprint density at radius 2 is 1.65 bits per heavy atom. The van der Waals surface area contributed by atoms with Gasteiger partial charge in [0.25, 0.3) is 0 Å². The average molecular weight is 348 g/mol. The van der Waals surface area contributed by atoms with E-state index in [4.69, 9.17) is 15.2 Å². The van der Waals surface area contributed by atoms with Crippen LogP contribution in [0.3, 0.4) is 0 Å². The number of hydrogen-bond donors (Lipinski definition) is 1. The maximum atomic E-state index is 13.0. The van der Waals surface area contributed by atoms with Crippen LogP contribution in [-0.2, 0) is 19.1 Å². The minimum absolute atomic E-state index is 0. The van der Waals surface area contributed by atoms with E-state index in [9.17, 15) is 9.59 Å². The third-order valence-corrected chi connectivity index (χ3v) is 4.91. The Balaban J connectivity index is 0.00000192. The number of amides is 2. The van der Waals surface area contributed by atoms with Crippen LogP contribution in [0.4, 0.5) is 0 Å². The maximum Gasteiger partial charge on any atom is 0.245 e. The van der Waals surface area contributed by atoms with Crippen molar-refractivity contribution < 1.29 is 19.1 Å². The fourth-order valence-electron chi connectivity index (χ4n) is 3.59. The molecule has 0 aromatic heterocycles. The van der Waals surface area contributed by atoms with Crippen LogP contribution in [0.5, 0.6) is 0 Å². The van der Waals surface area contributed by atoms with Crippen LogP contribution in [0.1, 0.15) is 19.3 Å². The summed E-state index contributed by atoms with van der Waals surface area (Å²) in [7, 11) is 0. The average Bonchev–Trinajstić information content (AvgIpc) is 2.89. The van der Waals surface area contributed by atoms with Gasteiger partial charge in [0.05, 0.1) is 19.3 Å². The second-order valence-electron chi connectivity index (χ2n) is 6.26. The van der Waals surface area contributed by atoms with Crippen LogP contribution in [0.15, 0.2) is 0 Å². The van der Waals surface area contributed by atoms with Gasteiger partial charge in [0.1, 0.15) is 6.04 Å². The molecule has 8 heteroatoms. The first-order valence-corrected chi connectivity index (χ1v) is 8.19. The van der Waals surface area contributed by atoms with Gasteiger partial charge in [-0.15, -0.1) is 12.4 Å². The van der Waals surface area contributed by atoms with Gasteiger partial charge in [-0.25, -0.2) is 0 Å². The highest BCUT2D eigenvalue weighted by molar-refractivity contribution is 5.91. The van der Waals surface area contributed by atoms with Gasteiger partial charge in [-0.2, -0.15) is 0 Å². The van der Waals surface area contributed by atoms with E-state index < -0.39 is 6.04 Å². The molecule has 2 amide bonds. The third-order valence-electron chi connectivity index (χ3n) is 4.91. The van der Waals surface area contributed by atoms with Crippen LogP contribution >= 0.6 is 12.4 Å². The lowest BCUT2D eigenvalue weighted by Gasteiger charge is -2.39. The molecule has 3 aliphatic heterocycles. The van der Waals surface area contributed by atoms with E-state index in [-0.39, 0.29) is 36.2 Å². The van der Waals surface area contributed by atoms with Crippen molar-refractivity contribution in [3.63, 3.8) is 0 Å². The summed E-state index contributed by atoms with van der Waals surface area (Å²) in [5, 5.41) is 0. The second kappa shape index (κ2) is 8.28. The van der Waals surface area contributed by atoms with Crippen LogP contribution in [0.25, 0.3) is 0 Å². The Morgan fingerprint density at radius 3 is 2.22 bits per heavy atom. The number of ether oxygens (including phenoxy) is 2. The third kappa shape index (κ3) is 3.96. The zero-order valence-corrected chi connectivity index (χ0v) is 14.1. The van der Waals surface area contributed by atoms with Crippen LogP contribution < -0.4 is 5.73 Å². The molecule has 0 aromatic rings. The van der Waals surface area contributed by atoms with Crippen LogP contribution in [-0.4, -0.2) is 79.8 Å². The second-order valence-corrected chi connectivity index (χ2v) is 6.26. The highest BCUT2D eigenvalue weighted by Crippen LogP contribution is 2.28. The summed E-state index contributed by atoms with van der Waals surface area (Å²) in [4.78, 5) is 28.9. The highest BCUT2D eigenvalue weighted by atomic mass is 35.5. The Labute approximate surface area is 142 Å². The first-order valence-electron chi connectivity index (χ1n) is 8.19. The molecule has 132 valence electrons. The predicted molar refractivity (Wildman–Crippen MR) is 86.3 cm³/mol. The number of nitrogens with two attached hydrogens (primary N) is 1. The Morgan fingerprint density at radius 1 is 1.04 bits per heavy atom. The minimum Gasteiger partial charge on any atom is -0.381 e. The molecule has 0 spiro atoms. The molecule has 0 bridgehead atoms. The van der Waals surface area contributed by atoms with E-state index >= 15 is 0 Å². The molecule has 0 saturated carbocycles. The summed E-state index contributed by atoms with van der Waals surface area (Å²) in [6, 6.07) is -0.845. The van der Waals surface area contributed by atoms with Crippen molar-refractivity contribution in [1.29, 1.82) is 0 Å². The van der Waals surface area contributed by atoms with Crippen molar-refractivity contribution in [2.24, 2.45) is 11.7 Å². The largest absolute Gasteiger partial charge is 0.381 e. The minimum atomic E-state index is -0.458. The Hall–Kier alpha value is -0.890. The zero-order chi connectivity index (χ0) is 15.5. The van der Waals surface area contributed by atoms with E-state index in [1.165, 1.54) is 0 Å². The fourth-order valence-corrected chi connectivity index (χ4v) is 3.59. The van der Waals surface area contributed by atoms with Crippen LogP contribution in [0.2, 0.25) is 0 Å². The van der Waals surface area contributed by atoms with E-state index in [2.05, 4.69) is 0 Å². The summed E-state index contributed by atoms with van der Waals surface area (Å²) < 4.78 is 10.7. The molecule has 1 unspecified atom stereocenters. The summed E-state index contributed by atoms with van der Waals surface area (Å²) in [5.41, 5.74) is 5.85. The number of rotatable bonds is 3. The smallest absolute Gasteiger partial charge is 0.245 e. The van der Waals surface area contributed by atoms with Gasteiger partial charge >= 0.3 is 0 Å². The molecule has 7 nitrogen and oxygen atoms in total. The lowest BCUT2D eigenvalue weighted by atomic mass is 9.89. The summed E-state index contributed by atoms with van der Waals surface area (Å²) >= 11 is 0. The van der Waals surface area contributed by atoms with Crippen molar-refractivity contribution in [2.75, 3.05) is 46.1 Å². The molecule has 3 rings (SSSR count). The van der Waals surface area contributed by atoms with Crippen LogP contribution in [0, 0.1) is 5.92 Å². The quantitative estimate of drug-likeness (QED) is 0.752. The van der Waals surface area contributed by atoms with Crippen molar-refractivity contribution in [2.45, 2.75) is 31.3 Å². The molecule has 0 aliphatic carbocycles. The first-order chi connectivity index (χ1) is 10.7. The Kier molecular flexibility index (Phi) is 6.64. The van der Waals surface area contributed by atoms with E-state index in [0.29, 0.717) is 52.5 Å². The fraction of sp³-hybridized carbons (Fsp3) is 0.867. The van der Waals surface area contributed by atoms with Gasteiger partial charge < -0.3 is 25.0 Å². The monoisotopic (exact) mass is 347 g/mol. The lowest BCUT2D eigenvalue weighted by molar-refractivity contribution is -0.150. The maximum absolute atomic E-state index is 13.0. The summed E-state index contributed by atoms with van der Waals surface area (Å²) in [6.07, 6.45) is 2.27. The lowest BCUT2D eigenvalue weighted by Crippen LogP contribution is -2.56. The van der Waals surface area contributed by atoms with Gasteiger partial charge in [-0.3, -0.25) is 9.59 Å².